The van der Waals surface area contributed by atoms with E-state index in [1.54, 1.807) is 11.8 Å². The minimum atomic E-state index is 0.101. The fourth-order valence-electron chi connectivity index (χ4n) is 3.99. The monoisotopic (exact) mass is 486 g/mol. The van der Waals surface area contributed by atoms with E-state index in [1.165, 1.54) is 22.3 Å². The number of aryl methyl sites for hydroxylation is 1. The molecule has 0 saturated heterocycles. The molecule has 1 unspecified atom stereocenters. The van der Waals surface area contributed by atoms with E-state index in [0.29, 0.717) is 5.95 Å². The smallest absolute Gasteiger partial charge is 0.223 e. The fourth-order valence-corrected chi connectivity index (χ4v) is 5.02. The number of allylic oxidation sites excluding steroid dienone is 1. The van der Waals surface area contributed by atoms with Crippen LogP contribution in [-0.2, 0) is 0 Å². The summed E-state index contributed by atoms with van der Waals surface area (Å²) in [4.78, 5) is 13.0. The van der Waals surface area contributed by atoms with Gasteiger partial charge in [-0.2, -0.15) is 0 Å². The lowest BCUT2D eigenvalue weighted by atomic mass is 10.0. The van der Waals surface area contributed by atoms with Gasteiger partial charge in [0.1, 0.15) is 0 Å². The highest BCUT2D eigenvalue weighted by Gasteiger charge is 2.17. The molecule has 0 amide bonds. The van der Waals surface area contributed by atoms with Crippen LogP contribution in [-0.4, -0.2) is 28.0 Å². The summed E-state index contributed by atoms with van der Waals surface area (Å²) in [6, 6.07) is 21.1. The summed E-state index contributed by atoms with van der Waals surface area (Å²) >= 11 is 1.71. The maximum absolute atomic E-state index is 4.95. The average molecular weight is 487 g/mol. The fraction of sp³-hybridized carbons (Fsp3) is 0.333. The Morgan fingerprint density at radius 1 is 1.03 bits per heavy atom. The molecule has 0 aliphatic carbocycles. The van der Waals surface area contributed by atoms with Crippen LogP contribution in [0.4, 0.5) is 5.95 Å². The van der Waals surface area contributed by atoms with Crippen molar-refractivity contribution in [1.29, 1.82) is 0 Å². The molecule has 0 aliphatic heterocycles. The van der Waals surface area contributed by atoms with Crippen molar-refractivity contribution < 1.29 is 0 Å². The molecule has 2 aromatic carbocycles. The Hall–Kier alpha value is -3.05. The second-order valence-electron chi connectivity index (χ2n) is 8.85. The molecule has 35 heavy (non-hydrogen) atoms. The predicted octanol–water partition coefficient (Wildman–Crippen LogP) is 8.17. The Morgan fingerprint density at radius 3 is 2.40 bits per heavy atom. The van der Waals surface area contributed by atoms with Crippen LogP contribution < -0.4 is 5.32 Å². The zero-order chi connectivity index (χ0) is 25.2. The first-order chi connectivity index (χ1) is 16.9. The van der Waals surface area contributed by atoms with Crippen molar-refractivity contribution in [2.24, 2.45) is 0 Å². The number of rotatable bonds is 12. The summed E-state index contributed by atoms with van der Waals surface area (Å²) in [5.74, 6) is 0.624. The first kappa shape index (κ1) is 26.6. The van der Waals surface area contributed by atoms with Crippen molar-refractivity contribution in [3.8, 4) is 0 Å². The highest BCUT2D eigenvalue weighted by molar-refractivity contribution is 8.11. The van der Waals surface area contributed by atoms with E-state index < -0.39 is 0 Å². The zero-order valence-corrected chi connectivity index (χ0v) is 22.5. The molecular formula is C30H38N4S. The third-order valence-corrected chi connectivity index (χ3v) is 7.10. The van der Waals surface area contributed by atoms with E-state index in [-0.39, 0.29) is 6.04 Å². The molecule has 0 bridgehead atoms. The number of anilines is 1. The standard InChI is InChI=1S/C30H38N4S/c1-7-19-34(20-8-2)25(6)35-29(23(4)27-16-12-13-22(3)21-27)28-17-18-31-30(33-28)32-24(5)26-14-10-9-11-15-26/h9-18,21,24H,6-8,19-20H2,1-5H3,(H,31,32,33)/b29-23+. The van der Waals surface area contributed by atoms with Gasteiger partial charge in [-0.25, -0.2) is 9.97 Å². The molecule has 0 fully saturated rings. The van der Waals surface area contributed by atoms with Crippen LogP contribution in [0, 0.1) is 6.92 Å². The Morgan fingerprint density at radius 2 is 1.74 bits per heavy atom. The minimum Gasteiger partial charge on any atom is -0.367 e. The van der Waals surface area contributed by atoms with Crippen LogP contribution in [0.5, 0.6) is 0 Å². The van der Waals surface area contributed by atoms with Crippen molar-refractivity contribution in [1.82, 2.24) is 14.9 Å². The molecule has 1 N–H and O–H groups in total. The normalized spacial score (nSPS) is 12.6. The molecule has 0 aliphatic rings. The van der Waals surface area contributed by atoms with E-state index in [1.807, 2.05) is 18.3 Å². The summed E-state index contributed by atoms with van der Waals surface area (Å²) in [6.07, 6.45) is 4.02. The van der Waals surface area contributed by atoms with E-state index in [0.717, 1.165) is 41.6 Å². The summed E-state index contributed by atoms with van der Waals surface area (Å²) < 4.78 is 0. The molecule has 0 radical (unpaired) electrons. The van der Waals surface area contributed by atoms with Gasteiger partial charge in [-0.3, -0.25) is 0 Å². The molecule has 5 heteroatoms. The van der Waals surface area contributed by atoms with E-state index in [4.69, 9.17) is 4.98 Å². The quantitative estimate of drug-likeness (QED) is 0.279. The number of hydrogen-bond acceptors (Lipinski definition) is 5. The second kappa shape index (κ2) is 13.1. The maximum atomic E-state index is 4.95. The lowest BCUT2D eigenvalue weighted by Gasteiger charge is -2.26. The van der Waals surface area contributed by atoms with Gasteiger partial charge in [-0.05, 0) is 56.4 Å². The SMILES string of the molecule is C=C(S/C(=C(\C)c1cccc(C)c1)c1ccnc(NC(C)c2ccccc2)n1)N(CCC)CCC. The van der Waals surface area contributed by atoms with Gasteiger partial charge in [0.05, 0.1) is 16.8 Å². The number of nitrogens with one attached hydrogen (secondary N) is 1. The van der Waals surface area contributed by atoms with Crippen molar-refractivity contribution in [2.75, 3.05) is 18.4 Å². The van der Waals surface area contributed by atoms with Gasteiger partial charge < -0.3 is 10.2 Å². The van der Waals surface area contributed by atoms with E-state index in [2.05, 4.69) is 105 Å². The van der Waals surface area contributed by atoms with Gasteiger partial charge in [0, 0.05) is 24.2 Å². The largest absolute Gasteiger partial charge is 0.367 e. The van der Waals surface area contributed by atoms with Crippen LogP contribution in [0.25, 0.3) is 10.5 Å². The zero-order valence-electron chi connectivity index (χ0n) is 21.7. The Balaban J connectivity index is 1.98. The molecule has 1 aromatic heterocycles. The van der Waals surface area contributed by atoms with Crippen molar-refractivity contribution in [3.63, 3.8) is 0 Å². The van der Waals surface area contributed by atoms with Gasteiger partial charge in [0.25, 0.3) is 0 Å². The number of thioether (sulfide) groups is 1. The van der Waals surface area contributed by atoms with Gasteiger partial charge in [0.15, 0.2) is 0 Å². The molecule has 184 valence electrons. The van der Waals surface area contributed by atoms with Gasteiger partial charge in [-0.1, -0.05) is 92.3 Å². The van der Waals surface area contributed by atoms with Gasteiger partial charge in [0.2, 0.25) is 5.95 Å². The van der Waals surface area contributed by atoms with E-state index >= 15 is 0 Å². The molecule has 4 nitrogen and oxygen atoms in total. The van der Waals surface area contributed by atoms with Crippen molar-refractivity contribution in [3.05, 3.63) is 101 Å². The lowest BCUT2D eigenvalue weighted by molar-refractivity contribution is 0.368. The molecular weight excluding hydrogens is 448 g/mol. The molecule has 3 aromatic rings. The molecule has 1 atom stereocenters. The third kappa shape index (κ3) is 7.46. The Labute approximate surface area is 215 Å². The summed E-state index contributed by atoms with van der Waals surface area (Å²) in [6.45, 7) is 17.3. The van der Waals surface area contributed by atoms with E-state index in [9.17, 15) is 0 Å². The molecule has 0 spiro atoms. The number of benzene rings is 2. The van der Waals surface area contributed by atoms with Gasteiger partial charge >= 0.3 is 0 Å². The predicted molar refractivity (Wildman–Crippen MR) is 153 cm³/mol. The summed E-state index contributed by atoms with van der Waals surface area (Å²) in [7, 11) is 0. The molecule has 0 saturated carbocycles. The molecule has 1 heterocycles. The number of hydrogen-bond donors (Lipinski definition) is 1. The lowest BCUT2D eigenvalue weighted by Crippen LogP contribution is -2.23. The van der Waals surface area contributed by atoms with Crippen molar-refractivity contribution in [2.45, 2.75) is 53.5 Å². The topological polar surface area (TPSA) is 41.1 Å². The first-order valence-corrected chi connectivity index (χ1v) is 13.3. The Bertz CT molecular complexity index is 1130. The van der Waals surface area contributed by atoms with Crippen LogP contribution in [0.1, 0.15) is 69.0 Å². The number of aromatic nitrogens is 2. The van der Waals surface area contributed by atoms with Crippen LogP contribution in [0.2, 0.25) is 0 Å². The average Bonchev–Trinajstić information content (AvgIpc) is 2.87. The van der Waals surface area contributed by atoms with Crippen LogP contribution in [0.3, 0.4) is 0 Å². The summed E-state index contributed by atoms with van der Waals surface area (Å²) in [5.41, 5.74) is 5.73. The summed E-state index contributed by atoms with van der Waals surface area (Å²) in [5, 5.41) is 4.53. The minimum absolute atomic E-state index is 0.101. The second-order valence-corrected chi connectivity index (χ2v) is 9.93. The van der Waals surface area contributed by atoms with Gasteiger partial charge in [-0.15, -0.1) is 0 Å². The number of nitrogens with zero attached hydrogens (tertiary/aromatic N) is 3. The highest BCUT2D eigenvalue weighted by atomic mass is 32.2. The maximum Gasteiger partial charge on any atom is 0.223 e. The third-order valence-electron chi connectivity index (χ3n) is 5.88. The van der Waals surface area contributed by atoms with Crippen LogP contribution >= 0.6 is 11.8 Å². The molecule has 3 rings (SSSR count). The Kier molecular flexibility index (Phi) is 9.98. The highest BCUT2D eigenvalue weighted by Crippen LogP contribution is 2.40. The first-order valence-electron chi connectivity index (χ1n) is 12.5. The van der Waals surface area contributed by atoms with Crippen LogP contribution in [0.15, 0.2) is 78.5 Å². The van der Waals surface area contributed by atoms with Crippen molar-refractivity contribution >= 4 is 28.2 Å².